The molecule has 7 nitrogen and oxygen atoms in total. The predicted molar refractivity (Wildman–Crippen MR) is 110 cm³/mol. The molecule has 8 heteroatoms. The first-order valence-corrected chi connectivity index (χ1v) is 9.70. The van der Waals surface area contributed by atoms with Gasteiger partial charge in [-0.15, -0.1) is 11.8 Å². The number of carbonyl (C=O) groups excluding carboxylic acids is 2. The summed E-state index contributed by atoms with van der Waals surface area (Å²) in [6, 6.07) is 8.03. The third kappa shape index (κ3) is 4.01. The van der Waals surface area contributed by atoms with Gasteiger partial charge in [0.1, 0.15) is 17.3 Å². The summed E-state index contributed by atoms with van der Waals surface area (Å²) in [5, 5.41) is 3.52. The third-order valence-corrected chi connectivity index (χ3v) is 5.06. The van der Waals surface area contributed by atoms with Crippen LogP contribution < -0.4 is 10.9 Å². The average Bonchev–Trinajstić information content (AvgIpc) is 2.68. The van der Waals surface area contributed by atoms with E-state index in [1.54, 1.807) is 36.4 Å². The topological polar surface area (TPSA) is 101 Å². The van der Waals surface area contributed by atoms with Gasteiger partial charge in [-0.05, 0) is 30.3 Å². The van der Waals surface area contributed by atoms with Gasteiger partial charge < -0.3 is 9.73 Å². The van der Waals surface area contributed by atoms with Gasteiger partial charge in [-0.25, -0.2) is 9.79 Å². The molecule has 1 atom stereocenters. The highest BCUT2D eigenvalue weighted by atomic mass is 32.2. The van der Waals surface area contributed by atoms with Crippen LogP contribution in [-0.4, -0.2) is 34.9 Å². The van der Waals surface area contributed by atoms with Crippen LogP contribution in [0.5, 0.6) is 0 Å². The molecule has 1 aliphatic heterocycles. The summed E-state index contributed by atoms with van der Waals surface area (Å²) in [7, 11) is 0. The standard InChI is InChI=1S/C20H15N3O4S/c24-18(21-13-6-7-16-12(9-13)5-8-19(25)27-16)11-28-10-17-22-15-4-2-1-3-14(15)20(26)23-17/h1-9,14H,10-11H2,(H,21,24). The van der Waals surface area contributed by atoms with Gasteiger partial charge in [-0.2, -0.15) is 4.99 Å². The van der Waals surface area contributed by atoms with E-state index in [-0.39, 0.29) is 23.5 Å². The summed E-state index contributed by atoms with van der Waals surface area (Å²) < 4.78 is 5.07. The van der Waals surface area contributed by atoms with E-state index >= 15 is 0 Å². The zero-order valence-electron chi connectivity index (χ0n) is 14.6. The van der Waals surface area contributed by atoms with E-state index in [0.717, 1.165) is 5.39 Å². The van der Waals surface area contributed by atoms with Crippen molar-refractivity contribution in [2.75, 3.05) is 16.8 Å². The van der Waals surface area contributed by atoms with Crippen LogP contribution in [0.15, 0.2) is 73.8 Å². The fourth-order valence-corrected chi connectivity index (χ4v) is 3.54. The van der Waals surface area contributed by atoms with Crippen molar-refractivity contribution in [3.8, 4) is 0 Å². The van der Waals surface area contributed by atoms with Crippen molar-refractivity contribution in [1.29, 1.82) is 0 Å². The van der Waals surface area contributed by atoms with Gasteiger partial charge in [0, 0.05) is 17.1 Å². The lowest BCUT2D eigenvalue weighted by molar-refractivity contribution is -0.118. The molecule has 28 heavy (non-hydrogen) atoms. The lowest BCUT2D eigenvalue weighted by atomic mass is 9.97. The van der Waals surface area contributed by atoms with Gasteiger partial charge in [-0.1, -0.05) is 18.2 Å². The van der Waals surface area contributed by atoms with Crippen LogP contribution in [0.1, 0.15) is 0 Å². The molecule has 1 aromatic carbocycles. The van der Waals surface area contributed by atoms with Crippen molar-refractivity contribution in [3.63, 3.8) is 0 Å². The van der Waals surface area contributed by atoms with Crippen molar-refractivity contribution < 1.29 is 14.0 Å². The fourth-order valence-electron chi connectivity index (χ4n) is 2.86. The zero-order chi connectivity index (χ0) is 19.5. The van der Waals surface area contributed by atoms with E-state index in [1.165, 1.54) is 17.8 Å². The Morgan fingerprint density at radius 2 is 2.04 bits per heavy atom. The van der Waals surface area contributed by atoms with Gasteiger partial charge in [0.2, 0.25) is 5.91 Å². The largest absolute Gasteiger partial charge is 0.423 e. The Hall–Kier alpha value is -3.26. The summed E-state index contributed by atoms with van der Waals surface area (Å²) in [4.78, 5) is 43.8. The van der Waals surface area contributed by atoms with Crippen LogP contribution >= 0.6 is 11.8 Å². The molecule has 0 saturated carbocycles. The van der Waals surface area contributed by atoms with Gasteiger partial charge in [0.05, 0.1) is 17.2 Å². The molecule has 0 bridgehead atoms. The number of rotatable bonds is 5. The number of nitrogens with zero attached hydrogens (tertiary/aromatic N) is 2. The molecular weight excluding hydrogens is 378 g/mol. The van der Waals surface area contributed by atoms with Crippen molar-refractivity contribution in [3.05, 3.63) is 65.1 Å². The van der Waals surface area contributed by atoms with Gasteiger partial charge >= 0.3 is 5.63 Å². The highest BCUT2D eigenvalue weighted by Gasteiger charge is 2.26. The molecule has 2 amide bonds. The number of hydrogen-bond donors (Lipinski definition) is 1. The molecule has 1 unspecified atom stereocenters. The Labute approximate surface area is 163 Å². The smallest absolute Gasteiger partial charge is 0.336 e. The highest BCUT2D eigenvalue weighted by Crippen LogP contribution is 2.19. The maximum atomic E-state index is 12.2. The monoisotopic (exact) mass is 393 g/mol. The number of allylic oxidation sites excluding steroid dienone is 3. The second-order valence-corrected chi connectivity index (χ2v) is 7.16. The molecule has 1 aliphatic carbocycles. The Kier molecular flexibility index (Phi) is 5.03. The summed E-state index contributed by atoms with van der Waals surface area (Å²) in [5.74, 6) is 0.188. The SMILES string of the molecule is O=C(CSCC1=NC(=O)C2C=CC=CC2=N1)Nc1ccc2oc(=O)ccc2c1. The lowest BCUT2D eigenvalue weighted by Crippen LogP contribution is -2.27. The Bertz CT molecular complexity index is 1140. The molecule has 0 saturated heterocycles. The van der Waals surface area contributed by atoms with Gasteiger partial charge in [-0.3, -0.25) is 9.59 Å². The number of hydrogen-bond acceptors (Lipinski definition) is 6. The van der Waals surface area contributed by atoms with E-state index in [2.05, 4.69) is 15.3 Å². The van der Waals surface area contributed by atoms with Crippen LogP contribution in [0.4, 0.5) is 5.69 Å². The van der Waals surface area contributed by atoms with E-state index in [9.17, 15) is 14.4 Å². The molecule has 1 N–H and O–H groups in total. The molecule has 1 aromatic heterocycles. The Morgan fingerprint density at radius 1 is 1.14 bits per heavy atom. The molecule has 2 aromatic rings. The molecule has 2 aliphatic rings. The van der Waals surface area contributed by atoms with Gasteiger partial charge in [0.25, 0.3) is 5.91 Å². The number of aliphatic imine (C=N–C) groups is 2. The van der Waals surface area contributed by atoms with Crippen LogP contribution in [-0.2, 0) is 9.59 Å². The first-order chi connectivity index (χ1) is 13.6. The zero-order valence-corrected chi connectivity index (χ0v) is 15.4. The molecular formula is C20H15N3O4S. The average molecular weight is 393 g/mol. The summed E-state index contributed by atoms with van der Waals surface area (Å²) in [6.45, 7) is 0. The van der Waals surface area contributed by atoms with Crippen molar-refractivity contribution in [1.82, 2.24) is 0 Å². The number of anilines is 1. The van der Waals surface area contributed by atoms with E-state index in [4.69, 9.17) is 4.42 Å². The molecule has 140 valence electrons. The fraction of sp³-hybridized carbons (Fsp3) is 0.150. The number of amidine groups is 1. The van der Waals surface area contributed by atoms with Crippen molar-refractivity contribution in [2.45, 2.75) is 0 Å². The Morgan fingerprint density at radius 3 is 2.93 bits per heavy atom. The van der Waals surface area contributed by atoms with E-state index < -0.39 is 5.63 Å². The second-order valence-electron chi connectivity index (χ2n) is 6.17. The van der Waals surface area contributed by atoms with Crippen LogP contribution in [0.2, 0.25) is 0 Å². The maximum Gasteiger partial charge on any atom is 0.336 e. The summed E-state index contributed by atoms with van der Waals surface area (Å²) >= 11 is 1.33. The summed E-state index contributed by atoms with van der Waals surface area (Å²) in [5.41, 5.74) is 1.34. The predicted octanol–water partition coefficient (Wildman–Crippen LogP) is 2.59. The molecule has 2 heterocycles. The van der Waals surface area contributed by atoms with Crippen molar-refractivity contribution >= 4 is 51.8 Å². The number of amides is 2. The summed E-state index contributed by atoms with van der Waals surface area (Å²) in [6.07, 6.45) is 7.22. The molecule has 0 radical (unpaired) electrons. The molecule has 4 rings (SSSR count). The minimum atomic E-state index is -0.417. The normalized spacial score (nSPS) is 17.9. The van der Waals surface area contributed by atoms with E-state index in [1.807, 2.05) is 12.2 Å². The van der Waals surface area contributed by atoms with E-state index in [0.29, 0.717) is 28.6 Å². The van der Waals surface area contributed by atoms with Crippen LogP contribution in [0.25, 0.3) is 11.0 Å². The number of carbonyl (C=O) groups is 2. The molecule has 0 spiro atoms. The lowest BCUT2D eigenvalue weighted by Gasteiger charge is -2.17. The van der Waals surface area contributed by atoms with Crippen molar-refractivity contribution in [2.24, 2.45) is 15.9 Å². The first-order valence-electron chi connectivity index (χ1n) is 8.55. The Balaban J connectivity index is 1.33. The quantitative estimate of drug-likeness (QED) is 0.787. The molecule has 0 fully saturated rings. The van der Waals surface area contributed by atoms with Crippen LogP contribution in [0, 0.1) is 5.92 Å². The number of nitrogens with one attached hydrogen (secondary N) is 1. The minimum Gasteiger partial charge on any atom is -0.423 e. The number of thioether (sulfide) groups is 1. The number of fused-ring (bicyclic) bond motifs is 2. The van der Waals surface area contributed by atoms with Gasteiger partial charge in [0.15, 0.2) is 0 Å². The first kappa shape index (κ1) is 18.1. The number of benzene rings is 1. The third-order valence-electron chi connectivity index (χ3n) is 4.13. The highest BCUT2D eigenvalue weighted by molar-refractivity contribution is 8.00. The second kappa shape index (κ2) is 7.77. The minimum absolute atomic E-state index is 0.185. The maximum absolute atomic E-state index is 12.2. The van der Waals surface area contributed by atoms with Crippen LogP contribution in [0.3, 0.4) is 0 Å².